The fraction of sp³-hybridized carbons (Fsp3) is 0.385. The molecule has 0 radical (unpaired) electrons. The van der Waals surface area contributed by atoms with Gasteiger partial charge in [0.25, 0.3) is 0 Å². The first-order valence-electron chi connectivity index (χ1n) is 5.47. The number of hydrogen-bond acceptors (Lipinski definition) is 1. The van der Waals surface area contributed by atoms with Crippen LogP contribution in [0.1, 0.15) is 31.7 Å². The lowest BCUT2D eigenvalue weighted by molar-refractivity contribution is 0.688. The predicted octanol–water partition coefficient (Wildman–Crippen LogP) is 4.57. The zero-order valence-corrected chi connectivity index (χ0v) is 12.7. The quantitative estimate of drug-likeness (QED) is 0.713. The third-order valence-corrected chi connectivity index (χ3v) is 4.77. The van der Waals surface area contributed by atoms with Crippen LogP contribution in [-0.4, -0.2) is 4.21 Å². The Morgan fingerprint density at radius 1 is 1.38 bits per heavy atom. The van der Waals surface area contributed by atoms with Crippen molar-refractivity contribution in [1.29, 1.82) is 0 Å². The summed E-state index contributed by atoms with van der Waals surface area (Å²) in [5, 5.41) is 1.86. The molecule has 0 aliphatic carbocycles. The van der Waals surface area contributed by atoms with E-state index in [1.54, 1.807) is 0 Å². The van der Waals surface area contributed by atoms with Gasteiger partial charge in [0.15, 0.2) is 0 Å². The van der Waals surface area contributed by atoms with Crippen molar-refractivity contribution < 1.29 is 4.21 Å². The van der Waals surface area contributed by atoms with Gasteiger partial charge in [-0.25, -0.2) is 4.21 Å². The first-order chi connectivity index (χ1) is 7.63. The van der Waals surface area contributed by atoms with Crippen LogP contribution in [0.5, 0.6) is 0 Å². The van der Waals surface area contributed by atoms with Crippen LogP contribution in [0.3, 0.4) is 0 Å². The maximum atomic E-state index is 12.0. The number of hydrogen-bond donors (Lipinski definition) is 0. The van der Waals surface area contributed by atoms with E-state index in [1.165, 1.54) is 22.0 Å². The van der Waals surface area contributed by atoms with Gasteiger partial charge >= 0.3 is 0 Å². The summed E-state index contributed by atoms with van der Waals surface area (Å²) in [4.78, 5) is 0.885. The molecular formula is C13H17IOS. The Morgan fingerprint density at radius 3 is 2.56 bits per heavy atom. The van der Waals surface area contributed by atoms with Crippen molar-refractivity contribution in [2.45, 2.75) is 38.0 Å². The Kier molecular flexibility index (Phi) is 6.28. The summed E-state index contributed by atoms with van der Waals surface area (Å²) in [5.41, 5.74) is 1.20. The molecule has 88 valence electrons. The average Bonchev–Trinajstić information content (AvgIpc) is 2.27. The van der Waals surface area contributed by atoms with Gasteiger partial charge in [-0.1, -0.05) is 31.0 Å². The molecule has 0 spiro atoms. The third-order valence-electron chi connectivity index (χ3n) is 2.26. The number of halogens is 1. The highest BCUT2D eigenvalue weighted by molar-refractivity contribution is 14.1. The molecule has 0 saturated heterocycles. The number of rotatable bonds is 5. The van der Waals surface area contributed by atoms with Crippen LogP contribution in [-0.2, 0) is 10.8 Å². The van der Waals surface area contributed by atoms with Gasteiger partial charge in [-0.05, 0) is 58.1 Å². The Bertz CT molecular complexity index is 381. The lowest BCUT2D eigenvalue weighted by Crippen LogP contribution is -1.88. The average molecular weight is 348 g/mol. The number of unbranched alkanes of at least 4 members (excludes halogenated alkanes) is 1. The van der Waals surface area contributed by atoms with Crippen LogP contribution in [0.15, 0.2) is 38.1 Å². The van der Waals surface area contributed by atoms with Gasteiger partial charge in [0.1, 0.15) is 0 Å². The second kappa shape index (κ2) is 7.22. The van der Waals surface area contributed by atoms with Crippen molar-refractivity contribution in [3.05, 3.63) is 38.8 Å². The van der Waals surface area contributed by atoms with Crippen molar-refractivity contribution in [3.63, 3.8) is 0 Å². The first kappa shape index (κ1) is 13.9. The van der Waals surface area contributed by atoms with Crippen molar-refractivity contribution in [3.8, 4) is 0 Å². The SMILES string of the molecule is CCCC/C(I)=C/[S@@](=O)c1ccc(C)cc1. The summed E-state index contributed by atoms with van der Waals surface area (Å²) in [7, 11) is -0.995. The fourth-order valence-corrected chi connectivity index (χ4v) is 3.23. The van der Waals surface area contributed by atoms with Gasteiger partial charge < -0.3 is 0 Å². The van der Waals surface area contributed by atoms with Crippen molar-refractivity contribution >= 4 is 33.4 Å². The molecule has 0 aromatic heterocycles. The summed E-state index contributed by atoms with van der Waals surface area (Å²) >= 11 is 2.28. The van der Waals surface area contributed by atoms with Gasteiger partial charge in [-0.2, -0.15) is 0 Å². The number of allylic oxidation sites excluding steroid dienone is 1. The molecule has 1 atom stereocenters. The Labute approximate surface area is 114 Å². The molecule has 1 nitrogen and oxygen atoms in total. The molecule has 0 aliphatic rings. The van der Waals surface area contributed by atoms with Gasteiger partial charge in [-0.3, -0.25) is 0 Å². The van der Waals surface area contributed by atoms with E-state index in [9.17, 15) is 4.21 Å². The summed E-state index contributed by atoms with van der Waals surface area (Å²) in [6, 6.07) is 7.87. The molecule has 0 fully saturated rings. The van der Waals surface area contributed by atoms with Gasteiger partial charge in [0.05, 0.1) is 10.8 Å². The van der Waals surface area contributed by atoms with E-state index in [0.717, 1.165) is 11.3 Å². The smallest absolute Gasteiger partial charge is 0.0783 e. The normalized spacial score (nSPS) is 13.8. The Balaban J connectivity index is 2.67. The zero-order chi connectivity index (χ0) is 12.0. The summed E-state index contributed by atoms with van der Waals surface area (Å²) < 4.78 is 13.2. The molecule has 1 aromatic carbocycles. The van der Waals surface area contributed by atoms with Gasteiger partial charge in [0.2, 0.25) is 0 Å². The van der Waals surface area contributed by atoms with E-state index in [0.29, 0.717) is 0 Å². The second-order valence-electron chi connectivity index (χ2n) is 3.78. The largest absolute Gasteiger partial charge is 0.250 e. The van der Waals surface area contributed by atoms with E-state index in [-0.39, 0.29) is 0 Å². The van der Waals surface area contributed by atoms with Crippen LogP contribution >= 0.6 is 22.6 Å². The molecule has 0 heterocycles. The Hall–Kier alpha value is -0.160. The Morgan fingerprint density at radius 2 is 2.00 bits per heavy atom. The van der Waals surface area contributed by atoms with Crippen LogP contribution in [0.2, 0.25) is 0 Å². The fourth-order valence-electron chi connectivity index (χ4n) is 1.26. The monoisotopic (exact) mass is 348 g/mol. The number of benzene rings is 1. The van der Waals surface area contributed by atoms with Gasteiger partial charge in [-0.15, -0.1) is 0 Å². The molecule has 0 amide bonds. The molecule has 0 saturated carbocycles. The molecule has 0 aliphatic heterocycles. The summed E-state index contributed by atoms with van der Waals surface area (Å²) in [6.45, 7) is 4.20. The third kappa shape index (κ3) is 4.78. The van der Waals surface area contributed by atoms with Crippen LogP contribution < -0.4 is 0 Å². The van der Waals surface area contributed by atoms with E-state index in [1.807, 2.05) is 36.6 Å². The number of aryl methyl sites for hydroxylation is 1. The lowest BCUT2D eigenvalue weighted by atomic mass is 10.2. The van der Waals surface area contributed by atoms with Gasteiger partial charge in [0, 0.05) is 10.3 Å². The minimum absolute atomic E-state index is 0.885. The lowest BCUT2D eigenvalue weighted by Gasteiger charge is -2.00. The second-order valence-corrected chi connectivity index (χ2v) is 6.47. The molecule has 3 heteroatoms. The van der Waals surface area contributed by atoms with Crippen molar-refractivity contribution in [2.24, 2.45) is 0 Å². The van der Waals surface area contributed by atoms with E-state index >= 15 is 0 Å². The van der Waals surface area contributed by atoms with Crippen LogP contribution in [0, 0.1) is 6.92 Å². The topological polar surface area (TPSA) is 17.1 Å². The highest BCUT2D eigenvalue weighted by Gasteiger charge is 2.01. The standard InChI is InChI=1S/C13H17IOS/c1-3-4-5-12(14)10-16(15)13-8-6-11(2)7-9-13/h6-10H,3-5H2,1-2H3/b12-10-/t16-/m1/s1. The highest BCUT2D eigenvalue weighted by Crippen LogP contribution is 2.18. The maximum Gasteiger partial charge on any atom is 0.0783 e. The predicted molar refractivity (Wildman–Crippen MR) is 79.2 cm³/mol. The van der Waals surface area contributed by atoms with E-state index in [2.05, 4.69) is 29.5 Å². The summed E-state index contributed by atoms with van der Waals surface area (Å²) in [5.74, 6) is 0. The highest BCUT2D eigenvalue weighted by atomic mass is 127. The molecule has 0 bridgehead atoms. The summed E-state index contributed by atoms with van der Waals surface area (Å²) in [6.07, 6.45) is 3.38. The molecule has 1 rings (SSSR count). The minimum Gasteiger partial charge on any atom is -0.250 e. The van der Waals surface area contributed by atoms with E-state index in [4.69, 9.17) is 0 Å². The van der Waals surface area contributed by atoms with Crippen LogP contribution in [0.4, 0.5) is 0 Å². The molecule has 16 heavy (non-hydrogen) atoms. The molecule has 0 unspecified atom stereocenters. The van der Waals surface area contributed by atoms with E-state index < -0.39 is 10.8 Å². The molecular weight excluding hydrogens is 331 g/mol. The van der Waals surface area contributed by atoms with Crippen molar-refractivity contribution in [2.75, 3.05) is 0 Å². The first-order valence-corrected chi connectivity index (χ1v) is 7.76. The zero-order valence-electron chi connectivity index (χ0n) is 9.70. The maximum absolute atomic E-state index is 12.0. The van der Waals surface area contributed by atoms with Crippen LogP contribution in [0.25, 0.3) is 0 Å². The minimum atomic E-state index is -0.995. The molecule has 1 aromatic rings. The van der Waals surface area contributed by atoms with Crippen molar-refractivity contribution in [1.82, 2.24) is 0 Å². The molecule has 0 N–H and O–H groups in total.